The molecular formula is C12H13N5O2. The number of para-hydroxylation sites is 1. The molecule has 1 aromatic heterocycles. The van der Waals surface area contributed by atoms with Crippen LogP contribution < -0.4 is 11.1 Å². The monoisotopic (exact) mass is 259 g/mol. The first-order valence-electron chi connectivity index (χ1n) is 5.53. The third-order valence-corrected chi connectivity index (χ3v) is 2.42. The zero-order valence-corrected chi connectivity index (χ0v) is 10.3. The highest BCUT2D eigenvalue weighted by molar-refractivity contribution is 5.95. The number of methoxy groups -OCH3 is 1. The van der Waals surface area contributed by atoms with E-state index in [2.05, 4.69) is 20.5 Å². The molecule has 0 spiro atoms. The molecule has 1 amide bonds. The zero-order valence-electron chi connectivity index (χ0n) is 10.3. The summed E-state index contributed by atoms with van der Waals surface area (Å²) in [6.45, 7) is 0.438. The number of hydrogen-bond acceptors (Lipinski definition) is 6. The highest BCUT2D eigenvalue weighted by atomic mass is 16.5. The Labute approximate surface area is 109 Å². The van der Waals surface area contributed by atoms with Crippen LogP contribution in [0.25, 0.3) is 0 Å². The first-order valence-corrected chi connectivity index (χ1v) is 5.53. The van der Waals surface area contributed by atoms with Gasteiger partial charge in [-0.3, -0.25) is 4.79 Å². The van der Waals surface area contributed by atoms with Gasteiger partial charge in [-0.05, 0) is 6.07 Å². The molecule has 2 aromatic rings. The van der Waals surface area contributed by atoms with Crippen LogP contribution in [-0.2, 0) is 11.3 Å². The summed E-state index contributed by atoms with van der Waals surface area (Å²) in [7, 11) is 1.61. The minimum atomic E-state index is -0.688. The van der Waals surface area contributed by atoms with E-state index in [4.69, 9.17) is 10.5 Å². The Kier molecular flexibility index (Phi) is 3.99. The molecule has 3 N–H and O–H groups in total. The van der Waals surface area contributed by atoms with Crippen LogP contribution in [-0.4, -0.2) is 28.2 Å². The number of primary amides is 1. The fourth-order valence-corrected chi connectivity index (χ4v) is 1.58. The maximum atomic E-state index is 11.2. The summed E-state index contributed by atoms with van der Waals surface area (Å²) < 4.78 is 5.10. The van der Waals surface area contributed by atoms with Crippen molar-refractivity contribution in [3.05, 3.63) is 41.9 Å². The summed E-state index contributed by atoms with van der Waals surface area (Å²) in [4.78, 5) is 15.2. The Morgan fingerprint density at radius 1 is 1.42 bits per heavy atom. The predicted octanol–water partition coefficient (Wildman–Crippen LogP) is 0.861. The molecular weight excluding hydrogens is 246 g/mol. The van der Waals surface area contributed by atoms with E-state index < -0.39 is 5.91 Å². The fourth-order valence-electron chi connectivity index (χ4n) is 1.58. The van der Waals surface area contributed by atoms with Gasteiger partial charge >= 0.3 is 0 Å². The summed E-state index contributed by atoms with van der Waals surface area (Å²) in [6, 6.07) is 7.51. The number of amides is 1. The van der Waals surface area contributed by atoms with Crippen LogP contribution in [0.1, 0.15) is 16.1 Å². The van der Waals surface area contributed by atoms with Crippen molar-refractivity contribution >= 4 is 17.4 Å². The van der Waals surface area contributed by atoms with Gasteiger partial charge in [0.1, 0.15) is 6.33 Å². The number of nitrogens with zero attached hydrogens (tertiary/aromatic N) is 3. The second kappa shape index (κ2) is 5.87. The second-order valence-electron chi connectivity index (χ2n) is 3.74. The molecule has 0 saturated heterocycles. The van der Waals surface area contributed by atoms with Crippen LogP contribution in [0.2, 0.25) is 0 Å². The van der Waals surface area contributed by atoms with Crippen molar-refractivity contribution in [2.75, 3.05) is 12.4 Å². The van der Waals surface area contributed by atoms with E-state index in [1.165, 1.54) is 6.33 Å². The van der Waals surface area contributed by atoms with Gasteiger partial charge in [-0.15, -0.1) is 10.2 Å². The summed E-state index contributed by atoms with van der Waals surface area (Å²) in [5, 5.41) is 10.2. The van der Waals surface area contributed by atoms with Crippen molar-refractivity contribution in [1.82, 2.24) is 15.2 Å². The van der Waals surface area contributed by atoms with E-state index in [0.29, 0.717) is 6.61 Å². The number of anilines is 2. The van der Waals surface area contributed by atoms with Gasteiger partial charge in [0.2, 0.25) is 0 Å². The molecule has 0 saturated carbocycles. The summed E-state index contributed by atoms with van der Waals surface area (Å²) in [6.07, 6.45) is 1.24. The maximum absolute atomic E-state index is 11.2. The van der Waals surface area contributed by atoms with Crippen LogP contribution in [0, 0.1) is 0 Å². The summed E-state index contributed by atoms with van der Waals surface area (Å²) in [5.41, 5.74) is 6.91. The average molecular weight is 259 g/mol. The minimum Gasteiger partial charge on any atom is -0.380 e. The largest absolute Gasteiger partial charge is 0.380 e. The molecule has 0 atom stereocenters. The van der Waals surface area contributed by atoms with E-state index in [1.807, 2.05) is 24.3 Å². The van der Waals surface area contributed by atoms with E-state index >= 15 is 0 Å². The smallest absolute Gasteiger partial charge is 0.273 e. The number of carbonyl (C=O) groups excluding carboxylic acids is 1. The molecule has 1 heterocycles. The van der Waals surface area contributed by atoms with Crippen molar-refractivity contribution < 1.29 is 9.53 Å². The lowest BCUT2D eigenvalue weighted by Gasteiger charge is -2.11. The number of aromatic nitrogens is 3. The molecule has 7 nitrogen and oxygen atoms in total. The molecule has 0 bridgehead atoms. The van der Waals surface area contributed by atoms with Crippen molar-refractivity contribution in [3.8, 4) is 0 Å². The maximum Gasteiger partial charge on any atom is 0.273 e. The van der Waals surface area contributed by atoms with Gasteiger partial charge < -0.3 is 15.8 Å². The quantitative estimate of drug-likeness (QED) is 0.825. The number of nitrogens with two attached hydrogens (primary N) is 1. The molecule has 2 rings (SSSR count). The summed E-state index contributed by atoms with van der Waals surface area (Å²) in [5.74, 6) is -0.418. The normalized spacial score (nSPS) is 10.2. The fraction of sp³-hybridized carbons (Fsp3) is 0.167. The van der Waals surface area contributed by atoms with Crippen molar-refractivity contribution in [2.24, 2.45) is 5.73 Å². The number of nitrogens with one attached hydrogen (secondary N) is 1. The lowest BCUT2D eigenvalue weighted by atomic mass is 10.2. The molecule has 0 unspecified atom stereocenters. The Morgan fingerprint density at radius 3 is 2.95 bits per heavy atom. The number of rotatable bonds is 5. The number of hydrogen-bond donors (Lipinski definition) is 2. The Balaban J connectivity index is 2.34. The van der Waals surface area contributed by atoms with Gasteiger partial charge in [0, 0.05) is 18.4 Å². The lowest BCUT2D eigenvalue weighted by Crippen LogP contribution is -2.17. The van der Waals surface area contributed by atoms with Gasteiger partial charge in [0.15, 0.2) is 11.5 Å². The van der Waals surface area contributed by atoms with Crippen LogP contribution in [0.5, 0.6) is 0 Å². The van der Waals surface area contributed by atoms with E-state index in [-0.39, 0.29) is 11.5 Å². The van der Waals surface area contributed by atoms with Gasteiger partial charge in [0.25, 0.3) is 5.91 Å². The number of carbonyl (C=O) groups is 1. The van der Waals surface area contributed by atoms with Crippen molar-refractivity contribution in [1.29, 1.82) is 0 Å². The minimum absolute atomic E-state index is 0.00489. The standard InChI is InChI=1S/C12H13N5O2/c1-19-6-8-4-2-3-5-9(8)16-12-10(11(13)18)17-15-7-14-12/h2-5,7H,6H2,1H3,(H2,13,18)(H,14,15,16). The molecule has 0 aliphatic rings. The van der Waals surface area contributed by atoms with Crippen LogP contribution >= 0.6 is 0 Å². The third kappa shape index (κ3) is 3.02. The molecule has 98 valence electrons. The lowest BCUT2D eigenvalue weighted by molar-refractivity contribution is 0.0995. The highest BCUT2D eigenvalue weighted by Crippen LogP contribution is 2.21. The Morgan fingerprint density at radius 2 is 2.21 bits per heavy atom. The Bertz CT molecular complexity index is 588. The number of ether oxygens (including phenoxy) is 1. The molecule has 0 aliphatic carbocycles. The van der Waals surface area contributed by atoms with Crippen LogP contribution in [0.4, 0.5) is 11.5 Å². The van der Waals surface area contributed by atoms with Gasteiger partial charge in [-0.25, -0.2) is 4.98 Å². The topological polar surface area (TPSA) is 103 Å². The second-order valence-corrected chi connectivity index (χ2v) is 3.74. The van der Waals surface area contributed by atoms with E-state index in [0.717, 1.165) is 11.3 Å². The van der Waals surface area contributed by atoms with Crippen LogP contribution in [0.15, 0.2) is 30.6 Å². The highest BCUT2D eigenvalue weighted by Gasteiger charge is 2.13. The SMILES string of the molecule is COCc1ccccc1Nc1ncnnc1C(N)=O. The summed E-state index contributed by atoms with van der Waals surface area (Å²) >= 11 is 0. The molecule has 1 aromatic carbocycles. The predicted molar refractivity (Wildman–Crippen MR) is 68.8 cm³/mol. The zero-order chi connectivity index (χ0) is 13.7. The Hall–Kier alpha value is -2.54. The van der Waals surface area contributed by atoms with E-state index in [9.17, 15) is 4.79 Å². The van der Waals surface area contributed by atoms with Gasteiger partial charge in [0.05, 0.1) is 6.61 Å². The molecule has 7 heteroatoms. The first kappa shape index (κ1) is 12.9. The first-order chi connectivity index (χ1) is 9.22. The number of benzene rings is 1. The van der Waals surface area contributed by atoms with Gasteiger partial charge in [-0.1, -0.05) is 18.2 Å². The van der Waals surface area contributed by atoms with E-state index in [1.54, 1.807) is 7.11 Å². The molecule has 0 aliphatic heterocycles. The molecule has 0 radical (unpaired) electrons. The van der Waals surface area contributed by atoms with Crippen LogP contribution in [0.3, 0.4) is 0 Å². The van der Waals surface area contributed by atoms with Crippen molar-refractivity contribution in [2.45, 2.75) is 6.61 Å². The molecule has 19 heavy (non-hydrogen) atoms. The average Bonchev–Trinajstić information content (AvgIpc) is 2.42. The molecule has 0 fully saturated rings. The third-order valence-electron chi connectivity index (χ3n) is 2.42. The van der Waals surface area contributed by atoms with Gasteiger partial charge in [-0.2, -0.15) is 0 Å². The van der Waals surface area contributed by atoms with Crippen molar-refractivity contribution in [3.63, 3.8) is 0 Å².